The lowest BCUT2D eigenvalue weighted by Crippen LogP contribution is -2.53. The highest BCUT2D eigenvalue weighted by Gasteiger charge is 2.54. The van der Waals surface area contributed by atoms with Crippen LogP contribution in [0.15, 0.2) is 23.9 Å². The number of aliphatic hydroxyl groups excluding tert-OH is 1. The molecule has 94 valence electrons. The molecule has 0 fully saturated rings. The third-order valence-electron chi connectivity index (χ3n) is 3.23. The third kappa shape index (κ3) is 2.05. The van der Waals surface area contributed by atoms with Crippen LogP contribution in [-0.4, -0.2) is 26.6 Å². The van der Waals surface area contributed by atoms with Gasteiger partial charge in [-0.25, -0.2) is 0 Å². The van der Waals surface area contributed by atoms with Gasteiger partial charge in [-0.2, -0.15) is 0 Å². The largest absolute Gasteiger partial charge is 0.381 e. The molecular formula is C10H14N2O5. The Balaban J connectivity index is 3.33. The molecule has 1 N–H and O–H groups in total. The Hall–Kier alpha value is -1.76. The first-order chi connectivity index (χ1) is 7.86. The summed E-state index contributed by atoms with van der Waals surface area (Å²) in [5, 5.41) is 31.7. The molecule has 3 atom stereocenters. The van der Waals surface area contributed by atoms with E-state index < -0.39 is 27.4 Å². The fraction of sp³-hybridized carbons (Fsp3) is 0.600. The van der Waals surface area contributed by atoms with E-state index in [0.29, 0.717) is 6.42 Å². The molecule has 17 heavy (non-hydrogen) atoms. The number of allylic oxidation sites excluding steroid dienone is 1. The molecule has 0 radical (unpaired) electrons. The minimum atomic E-state index is -1.81. The number of nitrogens with zero attached hydrogens (tertiary/aromatic N) is 2. The quantitative estimate of drug-likeness (QED) is 0.587. The van der Waals surface area contributed by atoms with Crippen LogP contribution in [-0.2, 0) is 0 Å². The van der Waals surface area contributed by atoms with E-state index in [4.69, 9.17) is 0 Å². The molecule has 0 saturated heterocycles. The van der Waals surface area contributed by atoms with Crippen LogP contribution in [0.2, 0.25) is 0 Å². The minimum Gasteiger partial charge on any atom is -0.381 e. The van der Waals surface area contributed by atoms with Gasteiger partial charge in [-0.3, -0.25) is 20.2 Å². The highest BCUT2D eigenvalue weighted by molar-refractivity contribution is 5.28. The van der Waals surface area contributed by atoms with Crippen LogP contribution in [0, 0.1) is 26.1 Å². The average molecular weight is 242 g/mol. The summed E-state index contributed by atoms with van der Waals surface area (Å²) in [6.07, 6.45) is 2.23. The number of nitro groups is 2. The van der Waals surface area contributed by atoms with Crippen LogP contribution >= 0.6 is 0 Å². The maximum absolute atomic E-state index is 11.2. The summed E-state index contributed by atoms with van der Waals surface area (Å²) in [4.78, 5) is 20.5. The van der Waals surface area contributed by atoms with Crippen molar-refractivity contribution >= 4 is 0 Å². The van der Waals surface area contributed by atoms with E-state index in [2.05, 4.69) is 0 Å². The van der Waals surface area contributed by atoms with Gasteiger partial charge in [0.1, 0.15) is 6.10 Å². The van der Waals surface area contributed by atoms with Crippen molar-refractivity contribution in [2.24, 2.45) is 5.92 Å². The van der Waals surface area contributed by atoms with E-state index in [9.17, 15) is 25.3 Å². The van der Waals surface area contributed by atoms with Gasteiger partial charge in [-0.05, 0) is 12.5 Å². The van der Waals surface area contributed by atoms with Crippen LogP contribution in [0.4, 0.5) is 0 Å². The molecule has 7 nitrogen and oxygen atoms in total. The molecule has 0 spiro atoms. The van der Waals surface area contributed by atoms with E-state index in [1.807, 2.05) is 0 Å². The third-order valence-corrected chi connectivity index (χ3v) is 3.23. The molecule has 1 rings (SSSR count). The fourth-order valence-electron chi connectivity index (χ4n) is 1.93. The predicted molar refractivity (Wildman–Crippen MR) is 59.4 cm³/mol. The van der Waals surface area contributed by atoms with Crippen molar-refractivity contribution in [2.45, 2.75) is 31.9 Å². The summed E-state index contributed by atoms with van der Waals surface area (Å²) in [5.41, 5.74) is -2.17. The van der Waals surface area contributed by atoms with Crippen molar-refractivity contribution in [3.63, 3.8) is 0 Å². The Morgan fingerprint density at radius 2 is 2.12 bits per heavy atom. The minimum absolute atomic E-state index is 0.354. The normalized spacial score (nSPS) is 29.6. The maximum Gasteiger partial charge on any atom is 0.278 e. The molecule has 3 unspecified atom stereocenters. The van der Waals surface area contributed by atoms with Gasteiger partial charge in [0.25, 0.3) is 11.2 Å². The zero-order valence-corrected chi connectivity index (χ0v) is 9.57. The van der Waals surface area contributed by atoms with Gasteiger partial charge >= 0.3 is 0 Å². The number of rotatable bonds is 4. The lowest BCUT2D eigenvalue weighted by Gasteiger charge is -2.31. The summed E-state index contributed by atoms with van der Waals surface area (Å²) < 4.78 is 0. The van der Waals surface area contributed by atoms with E-state index in [0.717, 1.165) is 18.2 Å². The first kappa shape index (κ1) is 13.3. The summed E-state index contributed by atoms with van der Waals surface area (Å²) >= 11 is 0. The molecule has 0 aromatic carbocycles. The monoisotopic (exact) mass is 242 g/mol. The highest BCUT2D eigenvalue weighted by Crippen LogP contribution is 2.34. The van der Waals surface area contributed by atoms with Crippen molar-refractivity contribution in [1.29, 1.82) is 0 Å². The van der Waals surface area contributed by atoms with E-state index in [-0.39, 0.29) is 5.70 Å². The molecule has 1 aliphatic carbocycles. The zero-order valence-electron chi connectivity index (χ0n) is 9.57. The predicted octanol–water partition coefficient (Wildman–Crippen LogP) is 1.14. The summed E-state index contributed by atoms with van der Waals surface area (Å²) in [5.74, 6) is -0.507. The van der Waals surface area contributed by atoms with Gasteiger partial charge in [0, 0.05) is 16.9 Å². The van der Waals surface area contributed by atoms with Crippen molar-refractivity contribution in [3.05, 3.63) is 44.2 Å². The molecule has 0 bridgehead atoms. The van der Waals surface area contributed by atoms with Gasteiger partial charge in [0.05, 0.1) is 11.0 Å². The van der Waals surface area contributed by atoms with Crippen LogP contribution in [0.5, 0.6) is 0 Å². The Morgan fingerprint density at radius 1 is 1.53 bits per heavy atom. The Bertz CT molecular complexity index is 404. The number of hydrogen-bond acceptors (Lipinski definition) is 5. The molecule has 0 aliphatic heterocycles. The average Bonchev–Trinajstić information content (AvgIpc) is 2.28. The highest BCUT2D eigenvalue weighted by atomic mass is 16.6. The van der Waals surface area contributed by atoms with Crippen LogP contribution in [0.3, 0.4) is 0 Å². The standard InChI is InChI=1S/C10H14N2O5/c1-3-7(2)10(12(16)17)6-8(11(14)15)4-5-9(10)13/h4-7,9,13H,3H2,1-2H3. The molecule has 7 heteroatoms. The van der Waals surface area contributed by atoms with Crippen LogP contribution in [0.25, 0.3) is 0 Å². The molecule has 0 amide bonds. The van der Waals surface area contributed by atoms with E-state index in [1.165, 1.54) is 0 Å². The topological polar surface area (TPSA) is 107 Å². The molecule has 0 aromatic heterocycles. The van der Waals surface area contributed by atoms with Gasteiger partial charge in [-0.1, -0.05) is 13.8 Å². The van der Waals surface area contributed by atoms with Crippen molar-refractivity contribution < 1.29 is 15.0 Å². The molecule has 0 saturated carbocycles. The first-order valence-electron chi connectivity index (χ1n) is 5.24. The second-order valence-electron chi connectivity index (χ2n) is 4.08. The number of hydrogen-bond donors (Lipinski definition) is 1. The smallest absolute Gasteiger partial charge is 0.278 e. The second kappa shape index (κ2) is 4.62. The second-order valence-corrected chi connectivity index (χ2v) is 4.08. The zero-order chi connectivity index (χ0) is 13.2. The fourth-order valence-corrected chi connectivity index (χ4v) is 1.93. The Kier molecular flexibility index (Phi) is 3.62. The summed E-state index contributed by atoms with van der Waals surface area (Å²) in [7, 11) is 0. The number of aliphatic hydroxyl groups is 1. The van der Waals surface area contributed by atoms with E-state index in [1.54, 1.807) is 13.8 Å². The van der Waals surface area contributed by atoms with Crippen molar-refractivity contribution in [2.75, 3.05) is 0 Å². The van der Waals surface area contributed by atoms with Crippen LogP contribution in [0.1, 0.15) is 20.3 Å². The van der Waals surface area contributed by atoms with E-state index >= 15 is 0 Å². The Labute approximate surface area is 97.7 Å². The van der Waals surface area contributed by atoms with Crippen LogP contribution < -0.4 is 0 Å². The van der Waals surface area contributed by atoms with Crippen molar-refractivity contribution in [3.8, 4) is 0 Å². The van der Waals surface area contributed by atoms with Gasteiger partial charge in [0.2, 0.25) is 0 Å². The summed E-state index contributed by atoms with van der Waals surface area (Å²) in [6.45, 7) is 3.33. The molecule has 0 aromatic rings. The first-order valence-corrected chi connectivity index (χ1v) is 5.24. The summed E-state index contributed by atoms with van der Waals surface area (Å²) in [6, 6.07) is 0. The maximum atomic E-state index is 11.2. The SMILES string of the molecule is CCC(C)C1([N+](=O)[O-])C=C([N+](=O)[O-])C=CC1O. The Morgan fingerprint density at radius 3 is 2.53 bits per heavy atom. The molecular weight excluding hydrogens is 228 g/mol. The lowest BCUT2D eigenvalue weighted by molar-refractivity contribution is -0.577. The van der Waals surface area contributed by atoms with Gasteiger partial charge in [-0.15, -0.1) is 0 Å². The van der Waals surface area contributed by atoms with Gasteiger partial charge < -0.3 is 5.11 Å². The molecule has 1 aliphatic rings. The van der Waals surface area contributed by atoms with Crippen molar-refractivity contribution in [1.82, 2.24) is 0 Å². The van der Waals surface area contributed by atoms with Gasteiger partial charge in [0.15, 0.2) is 0 Å². The molecule has 0 heterocycles. The lowest BCUT2D eigenvalue weighted by atomic mass is 9.76.